The average molecular weight is 418 g/mol. The second kappa shape index (κ2) is 6.46. The number of aromatic amines is 1. The van der Waals surface area contributed by atoms with Crippen molar-refractivity contribution in [3.63, 3.8) is 0 Å². The second-order valence-electron chi connectivity index (χ2n) is 6.12. The zero-order valence-corrected chi connectivity index (χ0v) is 16.0. The highest BCUT2D eigenvalue weighted by Gasteiger charge is 2.37. The van der Waals surface area contributed by atoms with E-state index in [-0.39, 0.29) is 17.3 Å². The maximum atomic E-state index is 12.8. The van der Waals surface area contributed by atoms with Crippen molar-refractivity contribution in [3.8, 4) is 0 Å². The van der Waals surface area contributed by atoms with Crippen LogP contribution in [0, 0.1) is 0 Å². The minimum Gasteiger partial charge on any atom is -0.343 e. The number of allylic oxidation sites excluding steroid dienone is 2. The third kappa shape index (κ3) is 2.85. The predicted molar refractivity (Wildman–Crippen MR) is 102 cm³/mol. The molecule has 2 N–H and O–H groups in total. The highest BCUT2D eigenvalue weighted by atomic mass is 79.9. The molecule has 1 aliphatic heterocycles. The maximum absolute atomic E-state index is 12.8. The first-order chi connectivity index (χ1) is 12.1. The molecule has 7 heteroatoms. The van der Waals surface area contributed by atoms with Crippen molar-refractivity contribution in [2.45, 2.75) is 30.3 Å². The van der Waals surface area contributed by atoms with Gasteiger partial charge in [-0.15, -0.1) is 0 Å². The summed E-state index contributed by atoms with van der Waals surface area (Å²) in [6.45, 7) is 0. The Morgan fingerprint density at radius 3 is 2.68 bits per heavy atom. The predicted octanol–water partition coefficient (Wildman–Crippen LogP) is 3.82. The van der Waals surface area contributed by atoms with E-state index in [1.165, 1.54) is 11.8 Å². The Hall–Kier alpha value is -1.86. The third-order valence-corrected chi connectivity index (χ3v) is 5.74. The molecule has 0 bridgehead atoms. The van der Waals surface area contributed by atoms with Gasteiger partial charge in [0.15, 0.2) is 10.9 Å². The highest BCUT2D eigenvalue weighted by Crippen LogP contribution is 2.43. The van der Waals surface area contributed by atoms with E-state index in [9.17, 15) is 9.59 Å². The van der Waals surface area contributed by atoms with E-state index in [0.29, 0.717) is 28.5 Å². The first kappa shape index (κ1) is 16.6. The minimum atomic E-state index is -0.376. The first-order valence-corrected chi connectivity index (χ1v) is 10.1. The topological polar surface area (TPSA) is 74.8 Å². The molecule has 2 aliphatic rings. The summed E-state index contributed by atoms with van der Waals surface area (Å²) in [5.74, 6) is 0.300. The largest absolute Gasteiger partial charge is 0.343 e. The molecule has 0 amide bonds. The molecule has 1 aromatic heterocycles. The summed E-state index contributed by atoms with van der Waals surface area (Å²) < 4.78 is 0.958. The molecule has 0 unspecified atom stereocenters. The van der Waals surface area contributed by atoms with Crippen molar-refractivity contribution in [1.82, 2.24) is 9.97 Å². The van der Waals surface area contributed by atoms with Gasteiger partial charge >= 0.3 is 0 Å². The number of carbonyl (C=O) groups is 1. The summed E-state index contributed by atoms with van der Waals surface area (Å²) >= 11 is 4.83. The lowest BCUT2D eigenvalue weighted by molar-refractivity contribution is -0.116. The molecule has 1 aromatic carbocycles. The quantitative estimate of drug-likeness (QED) is 0.573. The van der Waals surface area contributed by atoms with Crippen LogP contribution in [0.3, 0.4) is 0 Å². The molecule has 2 heterocycles. The van der Waals surface area contributed by atoms with Crippen LogP contribution < -0.4 is 10.9 Å². The van der Waals surface area contributed by atoms with Crippen LogP contribution in [0.5, 0.6) is 0 Å². The summed E-state index contributed by atoms with van der Waals surface area (Å²) in [6.07, 6.45) is 4.02. The summed E-state index contributed by atoms with van der Waals surface area (Å²) in [7, 11) is 0. The number of carbonyl (C=O) groups excluding carboxylic acids is 1. The van der Waals surface area contributed by atoms with Gasteiger partial charge in [-0.25, -0.2) is 4.98 Å². The molecule has 0 saturated heterocycles. The van der Waals surface area contributed by atoms with E-state index in [1.54, 1.807) is 0 Å². The minimum absolute atomic E-state index is 0.112. The van der Waals surface area contributed by atoms with Crippen LogP contribution in [-0.4, -0.2) is 22.0 Å². The summed E-state index contributed by atoms with van der Waals surface area (Å²) in [4.78, 5) is 32.8. The molecule has 0 fully saturated rings. The zero-order valence-electron chi connectivity index (χ0n) is 13.6. The number of hydrogen-bond acceptors (Lipinski definition) is 5. The number of aromatic nitrogens is 2. The highest BCUT2D eigenvalue weighted by molar-refractivity contribution is 9.10. The van der Waals surface area contributed by atoms with Crippen LogP contribution in [-0.2, 0) is 4.79 Å². The van der Waals surface area contributed by atoms with E-state index in [2.05, 4.69) is 31.2 Å². The van der Waals surface area contributed by atoms with Gasteiger partial charge < -0.3 is 10.3 Å². The van der Waals surface area contributed by atoms with Crippen molar-refractivity contribution in [2.75, 3.05) is 11.6 Å². The van der Waals surface area contributed by atoms with Gasteiger partial charge in [0.1, 0.15) is 5.82 Å². The number of hydrogen-bond donors (Lipinski definition) is 2. The number of H-pyrrole nitrogens is 1. The van der Waals surface area contributed by atoms with Gasteiger partial charge in [0.25, 0.3) is 5.56 Å². The fraction of sp³-hybridized carbons (Fsp3) is 0.278. The van der Waals surface area contributed by atoms with Gasteiger partial charge in [-0.3, -0.25) is 9.59 Å². The summed E-state index contributed by atoms with van der Waals surface area (Å²) in [5, 5.41) is 3.83. The number of anilines is 1. The van der Waals surface area contributed by atoms with E-state index in [1.807, 2.05) is 30.5 Å². The van der Waals surface area contributed by atoms with E-state index in [4.69, 9.17) is 0 Å². The smallest absolute Gasteiger partial charge is 0.257 e. The van der Waals surface area contributed by atoms with Gasteiger partial charge in [-0.05, 0) is 36.8 Å². The number of fused-ring (bicyclic) bond motifs is 1. The van der Waals surface area contributed by atoms with Crippen molar-refractivity contribution < 1.29 is 4.79 Å². The Morgan fingerprint density at radius 2 is 1.96 bits per heavy atom. The van der Waals surface area contributed by atoms with Gasteiger partial charge in [0, 0.05) is 28.1 Å². The molecule has 25 heavy (non-hydrogen) atoms. The monoisotopic (exact) mass is 417 g/mol. The average Bonchev–Trinajstić information content (AvgIpc) is 2.61. The molecule has 128 valence electrons. The number of thioether (sulfide) groups is 1. The fourth-order valence-electron chi connectivity index (χ4n) is 3.53. The van der Waals surface area contributed by atoms with Gasteiger partial charge in [0.05, 0.1) is 5.56 Å². The van der Waals surface area contributed by atoms with Crippen molar-refractivity contribution in [2.24, 2.45) is 0 Å². The number of benzene rings is 1. The lowest BCUT2D eigenvalue weighted by atomic mass is 9.76. The molecular formula is C18H16BrN3O2S. The molecule has 0 radical (unpaired) electrons. The van der Waals surface area contributed by atoms with Gasteiger partial charge in [-0.1, -0.05) is 39.8 Å². The normalized spacial score (nSPS) is 19.3. The summed E-state index contributed by atoms with van der Waals surface area (Å²) in [5.41, 5.74) is 2.87. The van der Waals surface area contributed by atoms with E-state index >= 15 is 0 Å². The van der Waals surface area contributed by atoms with Crippen LogP contribution in [0.25, 0.3) is 0 Å². The van der Waals surface area contributed by atoms with Crippen LogP contribution in [0.2, 0.25) is 0 Å². The number of rotatable bonds is 2. The fourth-order valence-corrected chi connectivity index (χ4v) is 4.17. The Morgan fingerprint density at radius 1 is 1.20 bits per heavy atom. The molecule has 1 aliphatic carbocycles. The van der Waals surface area contributed by atoms with Crippen molar-refractivity contribution in [3.05, 3.63) is 61.5 Å². The number of nitrogens with one attached hydrogen (secondary N) is 2. The molecule has 0 saturated carbocycles. The number of Topliss-reactive ketones (excluding diaryl/α,β-unsaturated/α-hetero) is 1. The van der Waals surface area contributed by atoms with Crippen molar-refractivity contribution in [1.29, 1.82) is 0 Å². The molecule has 0 spiro atoms. The van der Waals surface area contributed by atoms with Crippen LogP contribution in [0.1, 0.15) is 36.3 Å². The SMILES string of the molecule is CSc1nc2c(c(=O)[nH]1)[C@H](c1ccc(Br)cc1)C1=C(CCCC1=O)N2. The number of ketones is 1. The lowest BCUT2D eigenvalue weighted by Gasteiger charge is -2.32. The maximum Gasteiger partial charge on any atom is 0.257 e. The van der Waals surface area contributed by atoms with Crippen LogP contribution >= 0.6 is 27.7 Å². The standard InChI is InChI=1S/C18H16BrN3O2S/c1-25-18-21-16-15(17(24)22-18)13(9-5-7-10(19)8-6-9)14-11(20-16)3-2-4-12(14)23/h5-8,13H,2-4H2,1H3,(H2,20,21,22,24)/t13-/m1/s1. The molecule has 5 nitrogen and oxygen atoms in total. The Kier molecular flexibility index (Phi) is 4.29. The number of halogens is 1. The lowest BCUT2D eigenvalue weighted by Crippen LogP contribution is -2.32. The molecule has 2 aromatic rings. The van der Waals surface area contributed by atoms with Gasteiger partial charge in [-0.2, -0.15) is 0 Å². The van der Waals surface area contributed by atoms with E-state index < -0.39 is 0 Å². The second-order valence-corrected chi connectivity index (χ2v) is 7.83. The first-order valence-electron chi connectivity index (χ1n) is 8.05. The Labute approximate surface area is 157 Å². The van der Waals surface area contributed by atoms with Crippen LogP contribution in [0.15, 0.2) is 50.0 Å². The molecule has 1 atom stereocenters. The Bertz CT molecular complexity index is 950. The van der Waals surface area contributed by atoms with E-state index in [0.717, 1.165) is 28.6 Å². The Balaban J connectivity index is 1.98. The molecule has 4 rings (SSSR count). The van der Waals surface area contributed by atoms with Crippen molar-refractivity contribution >= 4 is 39.3 Å². The van der Waals surface area contributed by atoms with Gasteiger partial charge in [0.2, 0.25) is 0 Å². The molecular weight excluding hydrogens is 402 g/mol. The zero-order chi connectivity index (χ0) is 17.6. The summed E-state index contributed by atoms with van der Waals surface area (Å²) in [6, 6.07) is 7.78. The van der Waals surface area contributed by atoms with Crippen LogP contribution in [0.4, 0.5) is 5.82 Å². The number of nitrogens with zero attached hydrogens (tertiary/aromatic N) is 1. The third-order valence-electron chi connectivity index (χ3n) is 4.63.